The molecule has 0 saturated carbocycles. The second-order valence-electron chi connectivity index (χ2n) is 6.24. The average Bonchev–Trinajstić information content (AvgIpc) is 2.55. The Morgan fingerprint density at radius 1 is 0.875 bits per heavy atom. The first kappa shape index (κ1) is 18.0. The Bertz CT molecular complexity index is 675. The first-order valence-corrected chi connectivity index (χ1v) is 8.33. The molecule has 0 bridgehead atoms. The maximum Gasteiger partial charge on any atom is 0.203 e. The summed E-state index contributed by atoms with van der Waals surface area (Å²) in [6, 6.07) is 10.6. The summed E-state index contributed by atoms with van der Waals surface area (Å²) < 4.78 is 11.6. The van der Waals surface area contributed by atoms with Gasteiger partial charge in [0, 0.05) is 11.0 Å². The van der Waals surface area contributed by atoms with Crippen LogP contribution in [0, 0.1) is 0 Å². The molecule has 4 nitrogen and oxygen atoms in total. The molecule has 0 aliphatic carbocycles. The van der Waals surface area contributed by atoms with Crippen molar-refractivity contribution in [3.05, 3.63) is 47.5 Å². The van der Waals surface area contributed by atoms with Crippen molar-refractivity contribution < 1.29 is 19.7 Å². The summed E-state index contributed by atoms with van der Waals surface area (Å²) >= 11 is 0. The van der Waals surface area contributed by atoms with Gasteiger partial charge in [-0.05, 0) is 37.1 Å². The van der Waals surface area contributed by atoms with Gasteiger partial charge in [-0.2, -0.15) is 0 Å². The third kappa shape index (κ3) is 3.58. The summed E-state index contributed by atoms with van der Waals surface area (Å²) in [6.45, 7) is 9.07. The van der Waals surface area contributed by atoms with Gasteiger partial charge in [0.25, 0.3) is 0 Å². The molecule has 0 aliphatic rings. The quantitative estimate of drug-likeness (QED) is 0.778. The van der Waals surface area contributed by atoms with Gasteiger partial charge < -0.3 is 19.7 Å². The molecule has 0 unspecified atom stereocenters. The Kier molecular flexibility index (Phi) is 5.60. The zero-order valence-electron chi connectivity index (χ0n) is 14.8. The van der Waals surface area contributed by atoms with Crippen molar-refractivity contribution in [2.75, 3.05) is 13.2 Å². The highest BCUT2D eigenvalue weighted by atomic mass is 16.5. The molecule has 0 saturated heterocycles. The van der Waals surface area contributed by atoms with Gasteiger partial charge >= 0.3 is 0 Å². The maximum atomic E-state index is 10.2. The fraction of sp³-hybridized carbons (Fsp3) is 0.400. The van der Waals surface area contributed by atoms with E-state index in [9.17, 15) is 10.2 Å². The van der Waals surface area contributed by atoms with Crippen molar-refractivity contribution in [1.82, 2.24) is 0 Å². The van der Waals surface area contributed by atoms with E-state index in [1.165, 1.54) is 0 Å². The predicted octanol–water partition coefficient (Wildman–Crippen LogP) is 4.61. The van der Waals surface area contributed by atoms with Gasteiger partial charge in [-0.15, -0.1) is 0 Å². The molecule has 0 radical (unpaired) electrons. The SMILES string of the molecule is CCCOc1c(O)ccc(C(C)(C)c2ccc(O)cc2)c1OCC. The lowest BCUT2D eigenvalue weighted by molar-refractivity contribution is 0.260. The summed E-state index contributed by atoms with van der Waals surface area (Å²) in [4.78, 5) is 0. The van der Waals surface area contributed by atoms with E-state index in [0.717, 1.165) is 17.5 Å². The van der Waals surface area contributed by atoms with Crippen LogP contribution in [0.4, 0.5) is 0 Å². The minimum Gasteiger partial charge on any atom is -0.508 e. The minimum atomic E-state index is -0.379. The van der Waals surface area contributed by atoms with Crippen molar-refractivity contribution in [3.63, 3.8) is 0 Å². The molecule has 2 rings (SSSR count). The zero-order valence-corrected chi connectivity index (χ0v) is 14.8. The highest BCUT2D eigenvalue weighted by molar-refractivity contribution is 5.59. The molecule has 24 heavy (non-hydrogen) atoms. The summed E-state index contributed by atoms with van der Waals surface area (Å²) in [7, 11) is 0. The summed E-state index contributed by atoms with van der Waals surface area (Å²) in [6.07, 6.45) is 0.844. The molecule has 130 valence electrons. The molecule has 4 heteroatoms. The first-order valence-electron chi connectivity index (χ1n) is 8.33. The van der Waals surface area contributed by atoms with Crippen LogP contribution in [0.25, 0.3) is 0 Å². The van der Waals surface area contributed by atoms with Crippen molar-refractivity contribution in [3.8, 4) is 23.0 Å². The third-order valence-corrected chi connectivity index (χ3v) is 4.09. The molecular formula is C20H26O4. The molecule has 0 spiro atoms. The summed E-state index contributed by atoms with van der Waals surface area (Å²) in [5.74, 6) is 1.28. The average molecular weight is 330 g/mol. The highest BCUT2D eigenvalue weighted by Gasteiger charge is 2.30. The zero-order chi connectivity index (χ0) is 17.7. The van der Waals surface area contributed by atoms with Gasteiger partial charge in [0.1, 0.15) is 5.75 Å². The minimum absolute atomic E-state index is 0.0807. The van der Waals surface area contributed by atoms with E-state index in [2.05, 4.69) is 13.8 Å². The van der Waals surface area contributed by atoms with Crippen LogP contribution in [0.1, 0.15) is 45.2 Å². The number of rotatable bonds is 7. The van der Waals surface area contributed by atoms with Gasteiger partial charge in [0.2, 0.25) is 5.75 Å². The Morgan fingerprint density at radius 3 is 2.12 bits per heavy atom. The fourth-order valence-electron chi connectivity index (χ4n) is 2.71. The molecule has 0 atom stereocenters. The van der Waals surface area contributed by atoms with Crippen molar-refractivity contribution >= 4 is 0 Å². The van der Waals surface area contributed by atoms with E-state index in [4.69, 9.17) is 9.47 Å². The molecule has 0 heterocycles. The number of hydrogen-bond acceptors (Lipinski definition) is 4. The van der Waals surface area contributed by atoms with Gasteiger partial charge in [0.05, 0.1) is 13.2 Å². The second kappa shape index (κ2) is 7.47. The summed E-state index contributed by atoms with van der Waals surface area (Å²) in [5, 5.41) is 19.7. The Balaban J connectivity index is 2.56. The molecule has 2 N–H and O–H groups in total. The number of phenols is 2. The first-order chi connectivity index (χ1) is 11.4. The lowest BCUT2D eigenvalue weighted by atomic mass is 9.77. The summed E-state index contributed by atoms with van der Waals surface area (Å²) in [5.41, 5.74) is 1.59. The monoisotopic (exact) mass is 330 g/mol. The predicted molar refractivity (Wildman–Crippen MR) is 95.3 cm³/mol. The van der Waals surface area contributed by atoms with Crippen molar-refractivity contribution in [2.45, 2.75) is 39.5 Å². The van der Waals surface area contributed by atoms with E-state index >= 15 is 0 Å². The smallest absolute Gasteiger partial charge is 0.203 e. The number of phenolic OH excluding ortho intramolecular Hbond substituents is 2. The Labute approximate surface area is 143 Å². The Hall–Kier alpha value is -2.36. The number of aromatic hydroxyl groups is 2. The van der Waals surface area contributed by atoms with E-state index < -0.39 is 0 Å². The van der Waals surface area contributed by atoms with Crippen molar-refractivity contribution in [1.29, 1.82) is 0 Å². The van der Waals surface area contributed by atoms with Gasteiger partial charge in [-0.25, -0.2) is 0 Å². The molecule has 2 aromatic carbocycles. The number of benzene rings is 2. The van der Waals surface area contributed by atoms with Crippen LogP contribution < -0.4 is 9.47 Å². The van der Waals surface area contributed by atoms with E-state index in [1.54, 1.807) is 18.2 Å². The molecule has 0 aliphatic heterocycles. The normalized spacial score (nSPS) is 11.3. The topological polar surface area (TPSA) is 58.9 Å². The van der Waals surface area contributed by atoms with E-state index in [1.807, 2.05) is 32.0 Å². The van der Waals surface area contributed by atoms with Crippen LogP contribution in [0.2, 0.25) is 0 Å². The van der Waals surface area contributed by atoms with Crippen LogP contribution in [-0.4, -0.2) is 23.4 Å². The number of ether oxygens (including phenoxy) is 2. The molecular weight excluding hydrogens is 304 g/mol. The lowest BCUT2D eigenvalue weighted by Crippen LogP contribution is -2.20. The highest BCUT2D eigenvalue weighted by Crippen LogP contribution is 2.46. The van der Waals surface area contributed by atoms with E-state index in [-0.39, 0.29) is 16.9 Å². The largest absolute Gasteiger partial charge is 0.508 e. The van der Waals surface area contributed by atoms with Crippen LogP contribution in [-0.2, 0) is 5.41 Å². The fourth-order valence-corrected chi connectivity index (χ4v) is 2.71. The standard InChI is InChI=1S/C20H26O4/c1-5-13-24-19-17(22)12-11-16(18(19)23-6-2)20(3,4)14-7-9-15(21)10-8-14/h7-12,21-22H,5-6,13H2,1-4H3. The number of hydrogen-bond donors (Lipinski definition) is 2. The molecule has 2 aromatic rings. The molecule has 0 fully saturated rings. The van der Waals surface area contributed by atoms with E-state index in [0.29, 0.717) is 24.7 Å². The maximum absolute atomic E-state index is 10.2. The molecule has 0 aromatic heterocycles. The lowest BCUT2D eigenvalue weighted by Gasteiger charge is -2.29. The van der Waals surface area contributed by atoms with Gasteiger partial charge in [-0.3, -0.25) is 0 Å². The van der Waals surface area contributed by atoms with Crippen LogP contribution in [0.3, 0.4) is 0 Å². The van der Waals surface area contributed by atoms with Gasteiger partial charge in [0.15, 0.2) is 11.5 Å². The third-order valence-electron chi connectivity index (χ3n) is 4.09. The van der Waals surface area contributed by atoms with Crippen LogP contribution in [0.15, 0.2) is 36.4 Å². The van der Waals surface area contributed by atoms with Gasteiger partial charge in [-0.1, -0.05) is 39.0 Å². The Morgan fingerprint density at radius 2 is 1.54 bits per heavy atom. The molecule has 0 amide bonds. The van der Waals surface area contributed by atoms with Crippen LogP contribution >= 0.6 is 0 Å². The van der Waals surface area contributed by atoms with Crippen molar-refractivity contribution in [2.24, 2.45) is 0 Å². The second-order valence-corrected chi connectivity index (χ2v) is 6.24. The van der Waals surface area contributed by atoms with Crippen LogP contribution in [0.5, 0.6) is 23.0 Å².